The van der Waals surface area contributed by atoms with E-state index in [9.17, 15) is 4.79 Å². The summed E-state index contributed by atoms with van der Waals surface area (Å²) in [5, 5.41) is 6.46. The van der Waals surface area contributed by atoms with Gasteiger partial charge in [-0.3, -0.25) is 9.79 Å². The third kappa shape index (κ3) is 6.95. The Balaban J connectivity index is 1.69. The van der Waals surface area contributed by atoms with Gasteiger partial charge in [0.05, 0.1) is 7.11 Å². The second kappa shape index (κ2) is 11.6. The number of ether oxygens (including phenoxy) is 1. The SMILES string of the molecule is CN=C(NCCC(=O)N(C)Cc1ccccc1)NCCc1ccccc1OC. The van der Waals surface area contributed by atoms with E-state index < -0.39 is 0 Å². The van der Waals surface area contributed by atoms with Gasteiger partial charge < -0.3 is 20.3 Å². The lowest BCUT2D eigenvalue weighted by Gasteiger charge is -2.18. The fourth-order valence-electron chi connectivity index (χ4n) is 2.87. The Labute approximate surface area is 167 Å². The zero-order valence-electron chi connectivity index (χ0n) is 16.9. The van der Waals surface area contributed by atoms with Crippen LogP contribution in [-0.2, 0) is 17.8 Å². The van der Waals surface area contributed by atoms with Gasteiger partial charge in [0.15, 0.2) is 5.96 Å². The zero-order valence-corrected chi connectivity index (χ0v) is 16.9. The molecule has 0 unspecified atom stereocenters. The molecule has 0 saturated carbocycles. The van der Waals surface area contributed by atoms with Crippen molar-refractivity contribution in [2.45, 2.75) is 19.4 Å². The second-order valence-corrected chi connectivity index (χ2v) is 6.47. The highest BCUT2D eigenvalue weighted by Gasteiger charge is 2.09. The molecule has 0 saturated heterocycles. The first-order valence-electron chi connectivity index (χ1n) is 9.48. The summed E-state index contributed by atoms with van der Waals surface area (Å²) < 4.78 is 5.37. The van der Waals surface area contributed by atoms with Crippen molar-refractivity contribution in [2.24, 2.45) is 4.99 Å². The molecular weight excluding hydrogens is 352 g/mol. The van der Waals surface area contributed by atoms with Gasteiger partial charge in [-0.1, -0.05) is 48.5 Å². The molecule has 2 aromatic rings. The normalized spacial score (nSPS) is 11.0. The minimum Gasteiger partial charge on any atom is -0.496 e. The number of carbonyl (C=O) groups excluding carboxylic acids is 1. The summed E-state index contributed by atoms with van der Waals surface area (Å²) in [6.45, 7) is 1.87. The molecule has 0 atom stereocenters. The molecule has 0 aliphatic rings. The van der Waals surface area contributed by atoms with E-state index in [0.717, 1.165) is 29.8 Å². The molecule has 0 aliphatic heterocycles. The van der Waals surface area contributed by atoms with Crippen molar-refractivity contribution >= 4 is 11.9 Å². The highest BCUT2D eigenvalue weighted by Crippen LogP contribution is 2.17. The van der Waals surface area contributed by atoms with Gasteiger partial charge in [0.2, 0.25) is 5.91 Å². The summed E-state index contributed by atoms with van der Waals surface area (Å²) >= 11 is 0. The highest BCUT2D eigenvalue weighted by atomic mass is 16.5. The molecule has 28 heavy (non-hydrogen) atoms. The van der Waals surface area contributed by atoms with E-state index in [1.54, 1.807) is 19.1 Å². The van der Waals surface area contributed by atoms with Crippen molar-refractivity contribution in [3.8, 4) is 5.75 Å². The van der Waals surface area contributed by atoms with Gasteiger partial charge in [-0.25, -0.2) is 0 Å². The van der Waals surface area contributed by atoms with Crippen LogP contribution in [-0.4, -0.2) is 51.1 Å². The number of methoxy groups -OCH3 is 1. The molecule has 2 N–H and O–H groups in total. The average molecular weight is 383 g/mol. The van der Waals surface area contributed by atoms with Gasteiger partial charge in [0, 0.05) is 40.2 Å². The first-order chi connectivity index (χ1) is 13.6. The number of benzene rings is 2. The van der Waals surface area contributed by atoms with Crippen LogP contribution in [0.4, 0.5) is 0 Å². The van der Waals surface area contributed by atoms with E-state index in [4.69, 9.17) is 4.74 Å². The summed E-state index contributed by atoms with van der Waals surface area (Å²) in [5.74, 6) is 1.67. The summed E-state index contributed by atoms with van der Waals surface area (Å²) in [7, 11) is 5.23. The quantitative estimate of drug-likeness (QED) is 0.516. The van der Waals surface area contributed by atoms with Crippen LogP contribution in [0.3, 0.4) is 0 Å². The number of aliphatic imine (C=N–C) groups is 1. The van der Waals surface area contributed by atoms with Gasteiger partial charge in [-0.05, 0) is 23.6 Å². The van der Waals surface area contributed by atoms with Gasteiger partial charge in [0.25, 0.3) is 0 Å². The molecule has 150 valence electrons. The maximum absolute atomic E-state index is 12.3. The van der Waals surface area contributed by atoms with Gasteiger partial charge in [-0.15, -0.1) is 0 Å². The van der Waals surface area contributed by atoms with E-state index in [-0.39, 0.29) is 5.91 Å². The zero-order chi connectivity index (χ0) is 20.2. The van der Waals surface area contributed by atoms with Crippen LogP contribution in [0.1, 0.15) is 17.5 Å². The number of nitrogens with one attached hydrogen (secondary N) is 2. The monoisotopic (exact) mass is 382 g/mol. The Bertz CT molecular complexity index is 762. The Hall–Kier alpha value is -3.02. The van der Waals surface area contributed by atoms with Crippen LogP contribution in [0, 0.1) is 0 Å². The predicted octanol–water partition coefficient (Wildman–Crippen LogP) is 2.45. The molecule has 6 nitrogen and oxygen atoms in total. The number of carbonyl (C=O) groups is 1. The first kappa shape index (κ1) is 21.3. The summed E-state index contributed by atoms with van der Waals surface area (Å²) in [4.78, 5) is 18.3. The maximum Gasteiger partial charge on any atom is 0.224 e. The topological polar surface area (TPSA) is 66.0 Å². The number of hydrogen-bond donors (Lipinski definition) is 2. The van der Waals surface area contributed by atoms with Crippen molar-refractivity contribution in [3.05, 3.63) is 65.7 Å². The number of rotatable bonds is 9. The third-order valence-corrected chi connectivity index (χ3v) is 4.42. The molecule has 0 aromatic heterocycles. The number of nitrogens with zero attached hydrogens (tertiary/aromatic N) is 2. The Morgan fingerprint density at radius 1 is 1.04 bits per heavy atom. The van der Waals surface area contributed by atoms with E-state index >= 15 is 0 Å². The number of guanidine groups is 1. The van der Waals surface area contributed by atoms with Crippen LogP contribution >= 0.6 is 0 Å². The summed E-state index contributed by atoms with van der Waals surface area (Å²) in [5.41, 5.74) is 2.27. The Morgan fingerprint density at radius 2 is 1.71 bits per heavy atom. The molecule has 2 aromatic carbocycles. The average Bonchev–Trinajstić information content (AvgIpc) is 2.73. The van der Waals surface area contributed by atoms with Crippen molar-refractivity contribution < 1.29 is 9.53 Å². The molecule has 2 rings (SSSR count). The second-order valence-electron chi connectivity index (χ2n) is 6.47. The Kier molecular flexibility index (Phi) is 8.85. The molecule has 0 radical (unpaired) electrons. The van der Waals surface area contributed by atoms with Crippen LogP contribution in [0.15, 0.2) is 59.6 Å². The predicted molar refractivity (Wildman–Crippen MR) is 114 cm³/mol. The molecule has 0 heterocycles. The minimum atomic E-state index is 0.0980. The van der Waals surface area contributed by atoms with Crippen molar-refractivity contribution in [3.63, 3.8) is 0 Å². The number of amides is 1. The van der Waals surface area contributed by atoms with Crippen molar-refractivity contribution in [2.75, 3.05) is 34.3 Å². The molecule has 0 bridgehead atoms. The molecular formula is C22H30N4O2. The van der Waals surface area contributed by atoms with Crippen molar-refractivity contribution in [1.82, 2.24) is 15.5 Å². The number of hydrogen-bond acceptors (Lipinski definition) is 3. The lowest BCUT2D eigenvalue weighted by atomic mass is 10.1. The van der Waals surface area contributed by atoms with E-state index in [1.165, 1.54) is 0 Å². The van der Waals surface area contributed by atoms with E-state index in [2.05, 4.69) is 21.7 Å². The summed E-state index contributed by atoms with van der Waals surface area (Å²) in [6.07, 6.45) is 1.24. The van der Waals surface area contributed by atoms with E-state index in [0.29, 0.717) is 25.5 Å². The largest absolute Gasteiger partial charge is 0.496 e. The molecule has 0 spiro atoms. The lowest BCUT2D eigenvalue weighted by Crippen LogP contribution is -2.40. The van der Waals surface area contributed by atoms with Crippen LogP contribution in [0.2, 0.25) is 0 Å². The van der Waals surface area contributed by atoms with Crippen LogP contribution in [0.25, 0.3) is 0 Å². The van der Waals surface area contributed by atoms with Gasteiger partial charge in [0.1, 0.15) is 5.75 Å². The molecule has 0 fully saturated rings. The standard InChI is InChI=1S/C22H30N4O2/c1-23-22(24-15-13-19-11-7-8-12-20(19)28-3)25-16-14-21(27)26(2)17-18-9-5-4-6-10-18/h4-12H,13-17H2,1-3H3,(H2,23,24,25). The van der Waals surface area contributed by atoms with Crippen LogP contribution < -0.4 is 15.4 Å². The molecule has 0 aliphatic carbocycles. The third-order valence-electron chi connectivity index (χ3n) is 4.42. The van der Waals surface area contributed by atoms with Gasteiger partial charge >= 0.3 is 0 Å². The minimum absolute atomic E-state index is 0.0980. The lowest BCUT2D eigenvalue weighted by molar-refractivity contribution is -0.130. The highest BCUT2D eigenvalue weighted by molar-refractivity contribution is 5.81. The molecule has 1 amide bonds. The number of para-hydroxylation sites is 1. The maximum atomic E-state index is 12.3. The van der Waals surface area contributed by atoms with E-state index in [1.807, 2.05) is 55.6 Å². The summed E-state index contributed by atoms with van der Waals surface area (Å²) in [6, 6.07) is 18.0. The molecule has 6 heteroatoms. The first-order valence-corrected chi connectivity index (χ1v) is 9.48. The van der Waals surface area contributed by atoms with Crippen molar-refractivity contribution in [1.29, 1.82) is 0 Å². The fraction of sp³-hybridized carbons (Fsp3) is 0.364. The van der Waals surface area contributed by atoms with Crippen LogP contribution in [0.5, 0.6) is 5.75 Å². The smallest absolute Gasteiger partial charge is 0.224 e. The Morgan fingerprint density at radius 3 is 2.43 bits per heavy atom. The fourth-order valence-corrected chi connectivity index (χ4v) is 2.87. The van der Waals surface area contributed by atoms with Gasteiger partial charge in [-0.2, -0.15) is 0 Å².